The van der Waals surface area contributed by atoms with Crippen LogP contribution in [-0.2, 0) is 20.7 Å². The summed E-state index contributed by atoms with van der Waals surface area (Å²) in [6.45, 7) is 7.09. The van der Waals surface area contributed by atoms with Gasteiger partial charge < -0.3 is 20.5 Å². The molecule has 176 valence electrons. The molecule has 1 aromatic carbocycles. The first kappa shape index (κ1) is 26.7. The molecule has 8 nitrogen and oxygen atoms in total. The molecule has 0 aliphatic heterocycles. The monoisotopic (exact) mass is 456 g/mol. The highest BCUT2D eigenvalue weighted by molar-refractivity contribution is 5.73. The Kier molecular flexibility index (Phi) is 10.9. The van der Waals surface area contributed by atoms with E-state index in [2.05, 4.69) is 20.6 Å². The molecule has 0 spiro atoms. The number of hydrogen-bond acceptors (Lipinski definition) is 7. The first-order valence-electron chi connectivity index (χ1n) is 9.96. The van der Waals surface area contributed by atoms with Crippen molar-refractivity contribution in [2.24, 2.45) is 0 Å². The maximum atomic E-state index is 11.5. The van der Waals surface area contributed by atoms with Crippen molar-refractivity contribution < 1.29 is 32.6 Å². The van der Waals surface area contributed by atoms with Crippen LogP contribution >= 0.6 is 0 Å². The van der Waals surface area contributed by atoms with Crippen molar-refractivity contribution in [1.82, 2.24) is 9.97 Å². The smallest absolute Gasteiger partial charge is 0.475 e. The van der Waals surface area contributed by atoms with E-state index in [1.54, 1.807) is 0 Å². The number of carbonyl (C=O) groups excluding carboxylic acids is 1. The lowest BCUT2D eigenvalue weighted by Gasteiger charge is -2.11. The van der Waals surface area contributed by atoms with Crippen LogP contribution in [0.15, 0.2) is 30.3 Å². The van der Waals surface area contributed by atoms with Crippen LogP contribution in [0.2, 0.25) is 0 Å². The van der Waals surface area contributed by atoms with Crippen LogP contribution in [0.25, 0.3) is 0 Å². The van der Waals surface area contributed by atoms with Gasteiger partial charge in [0.15, 0.2) is 0 Å². The molecular formula is C21H27F3N4O4. The number of rotatable bonds is 9. The zero-order chi connectivity index (χ0) is 24.1. The molecule has 0 fully saturated rings. The van der Waals surface area contributed by atoms with Crippen LogP contribution in [-0.4, -0.2) is 46.3 Å². The van der Waals surface area contributed by atoms with Gasteiger partial charge in [0.1, 0.15) is 5.82 Å². The molecule has 0 bridgehead atoms. The zero-order valence-corrected chi connectivity index (χ0v) is 18.1. The van der Waals surface area contributed by atoms with E-state index < -0.39 is 12.1 Å². The molecule has 0 atom stereocenters. The maximum absolute atomic E-state index is 11.5. The van der Waals surface area contributed by atoms with E-state index in [4.69, 9.17) is 14.6 Å². The van der Waals surface area contributed by atoms with E-state index >= 15 is 0 Å². The predicted molar refractivity (Wildman–Crippen MR) is 114 cm³/mol. The van der Waals surface area contributed by atoms with Crippen LogP contribution in [0.4, 0.5) is 30.6 Å². The van der Waals surface area contributed by atoms with Crippen molar-refractivity contribution in [3.63, 3.8) is 0 Å². The fourth-order valence-electron chi connectivity index (χ4n) is 2.37. The fraction of sp³-hybridized carbons (Fsp3) is 0.429. The average molecular weight is 456 g/mol. The van der Waals surface area contributed by atoms with Gasteiger partial charge in [-0.1, -0.05) is 17.7 Å². The summed E-state index contributed by atoms with van der Waals surface area (Å²) >= 11 is 0. The summed E-state index contributed by atoms with van der Waals surface area (Å²) in [5.74, 6) is -1.60. The van der Waals surface area contributed by atoms with E-state index in [9.17, 15) is 18.0 Å². The van der Waals surface area contributed by atoms with Crippen molar-refractivity contribution >= 4 is 29.4 Å². The van der Waals surface area contributed by atoms with Gasteiger partial charge in [-0.05, 0) is 45.7 Å². The number of esters is 1. The SMILES string of the molecule is CCNc1cc(CCCC(=O)OCC)nc(Nc2ccc(C)cc2)n1.O=C(O)C(F)(F)F. The van der Waals surface area contributed by atoms with Gasteiger partial charge in [-0.15, -0.1) is 0 Å². The Bertz CT molecular complexity index is 874. The highest BCUT2D eigenvalue weighted by Gasteiger charge is 2.38. The van der Waals surface area contributed by atoms with E-state index in [-0.39, 0.29) is 5.97 Å². The second kappa shape index (κ2) is 13.1. The number of carbonyl (C=O) groups is 2. The summed E-state index contributed by atoms with van der Waals surface area (Å²) in [5.41, 5.74) is 3.04. The number of alkyl halides is 3. The van der Waals surface area contributed by atoms with Gasteiger partial charge in [-0.2, -0.15) is 18.2 Å². The molecule has 32 heavy (non-hydrogen) atoms. The zero-order valence-electron chi connectivity index (χ0n) is 18.1. The number of benzene rings is 1. The number of nitrogens with zero attached hydrogens (tertiary/aromatic N) is 2. The first-order valence-corrected chi connectivity index (χ1v) is 9.96. The van der Waals surface area contributed by atoms with Gasteiger partial charge in [0.05, 0.1) is 6.61 Å². The van der Waals surface area contributed by atoms with E-state index in [0.29, 0.717) is 31.8 Å². The van der Waals surface area contributed by atoms with E-state index in [0.717, 1.165) is 23.7 Å². The van der Waals surface area contributed by atoms with Gasteiger partial charge in [-0.25, -0.2) is 9.78 Å². The summed E-state index contributed by atoms with van der Waals surface area (Å²) in [5, 5.41) is 13.6. The minimum Gasteiger partial charge on any atom is -0.475 e. The minimum absolute atomic E-state index is 0.165. The molecular weight excluding hydrogens is 429 g/mol. The second-order valence-corrected chi connectivity index (χ2v) is 6.55. The number of nitrogens with one attached hydrogen (secondary N) is 2. The fourth-order valence-corrected chi connectivity index (χ4v) is 2.37. The van der Waals surface area contributed by atoms with Crippen LogP contribution < -0.4 is 10.6 Å². The Morgan fingerprint density at radius 2 is 1.75 bits per heavy atom. The number of ether oxygens (including phenoxy) is 1. The first-order chi connectivity index (χ1) is 15.0. The van der Waals surface area contributed by atoms with Gasteiger partial charge in [0.2, 0.25) is 5.95 Å². The van der Waals surface area contributed by atoms with Gasteiger partial charge in [0.25, 0.3) is 0 Å². The molecule has 11 heteroatoms. The van der Waals surface area contributed by atoms with Crippen LogP contribution in [0.1, 0.15) is 37.9 Å². The number of halogens is 3. The third-order valence-electron chi connectivity index (χ3n) is 3.81. The predicted octanol–water partition coefficient (Wildman–Crippen LogP) is 4.48. The van der Waals surface area contributed by atoms with E-state index in [1.165, 1.54) is 5.56 Å². The molecule has 0 saturated heterocycles. The lowest BCUT2D eigenvalue weighted by atomic mass is 10.2. The molecule has 0 unspecified atom stereocenters. The number of aromatic nitrogens is 2. The summed E-state index contributed by atoms with van der Waals surface area (Å²) in [7, 11) is 0. The third kappa shape index (κ3) is 10.6. The van der Waals surface area contributed by atoms with Gasteiger partial charge in [-0.3, -0.25) is 4.79 Å². The molecule has 1 heterocycles. The Morgan fingerprint density at radius 3 is 2.28 bits per heavy atom. The number of carboxylic acids is 1. The van der Waals surface area contributed by atoms with E-state index in [1.807, 2.05) is 51.1 Å². The highest BCUT2D eigenvalue weighted by Crippen LogP contribution is 2.18. The highest BCUT2D eigenvalue weighted by atomic mass is 19.4. The molecule has 3 N–H and O–H groups in total. The van der Waals surface area contributed by atoms with Crippen molar-refractivity contribution in [2.75, 3.05) is 23.8 Å². The quantitative estimate of drug-likeness (QED) is 0.474. The number of hydrogen-bond donors (Lipinski definition) is 3. The number of aryl methyl sites for hydroxylation is 2. The molecule has 1 aromatic heterocycles. The van der Waals surface area contributed by atoms with Crippen LogP contribution in [0.3, 0.4) is 0 Å². The van der Waals surface area contributed by atoms with Crippen molar-refractivity contribution in [3.8, 4) is 0 Å². The molecule has 2 rings (SSSR count). The van der Waals surface area contributed by atoms with Gasteiger partial charge >= 0.3 is 18.1 Å². The topological polar surface area (TPSA) is 113 Å². The Labute approximate surface area is 184 Å². The summed E-state index contributed by atoms with van der Waals surface area (Å²) in [6.07, 6.45) is -3.29. The van der Waals surface area contributed by atoms with Gasteiger partial charge in [0, 0.05) is 30.4 Å². The summed E-state index contributed by atoms with van der Waals surface area (Å²) in [4.78, 5) is 29.4. The maximum Gasteiger partial charge on any atom is 0.490 e. The molecule has 0 radical (unpaired) electrons. The normalized spacial score (nSPS) is 10.6. The summed E-state index contributed by atoms with van der Waals surface area (Å²) < 4.78 is 36.7. The lowest BCUT2D eigenvalue weighted by Crippen LogP contribution is -2.21. The Hall–Kier alpha value is -3.37. The number of carboxylic acid groups (broad SMARTS) is 1. The molecule has 0 aliphatic rings. The average Bonchev–Trinajstić information content (AvgIpc) is 2.70. The molecule has 0 aliphatic carbocycles. The van der Waals surface area contributed by atoms with Crippen molar-refractivity contribution in [2.45, 2.75) is 46.2 Å². The molecule has 0 saturated carbocycles. The molecule has 0 amide bonds. The number of anilines is 3. The number of aliphatic carboxylic acids is 1. The third-order valence-corrected chi connectivity index (χ3v) is 3.81. The van der Waals surface area contributed by atoms with Crippen molar-refractivity contribution in [1.29, 1.82) is 0 Å². The minimum atomic E-state index is -5.08. The van der Waals surface area contributed by atoms with Crippen LogP contribution in [0, 0.1) is 6.92 Å². The lowest BCUT2D eigenvalue weighted by molar-refractivity contribution is -0.192. The molecule has 2 aromatic rings. The van der Waals surface area contributed by atoms with Crippen molar-refractivity contribution in [3.05, 3.63) is 41.6 Å². The standard InChI is InChI=1S/C19H26N4O2.C2HF3O2/c1-4-20-17-13-16(7-6-8-18(24)25-5-2)22-19(23-17)21-15-11-9-14(3)10-12-15;3-2(4,5)1(6)7/h9-13H,4-8H2,1-3H3,(H2,20,21,22,23);(H,6,7). The largest absolute Gasteiger partial charge is 0.490 e. The summed E-state index contributed by atoms with van der Waals surface area (Å²) in [6, 6.07) is 10.0. The second-order valence-electron chi connectivity index (χ2n) is 6.55. The Balaban J connectivity index is 0.000000633. The van der Waals surface area contributed by atoms with Crippen LogP contribution in [0.5, 0.6) is 0 Å². The Morgan fingerprint density at radius 1 is 1.12 bits per heavy atom.